The van der Waals surface area contributed by atoms with Crippen LogP contribution in [0.25, 0.3) is 0 Å². The van der Waals surface area contributed by atoms with Crippen molar-refractivity contribution in [1.29, 1.82) is 0 Å². The minimum atomic E-state index is -0.631. The molecule has 3 rings (SSSR count). The number of benzene rings is 1. The summed E-state index contributed by atoms with van der Waals surface area (Å²) in [6.07, 6.45) is 3.45. The van der Waals surface area contributed by atoms with Gasteiger partial charge in [-0.1, -0.05) is 17.1 Å². The third kappa shape index (κ3) is 2.95. The summed E-state index contributed by atoms with van der Waals surface area (Å²) < 4.78 is 1.40. The van der Waals surface area contributed by atoms with Crippen LogP contribution in [0, 0.1) is 10.1 Å². The van der Waals surface area contributed by atoms with Gasteiger partial charge in [0.25, 0.3) is 5.91 Å². The largest absolute Gasteiger partial charge is 0.490 e. The van der Waals surface area contributed by atoms with E-state index in [4.69, 9.17) is 0 Å². The minimum absolute atomic E-state index is 0.0560. The van der Waals surface area contributed by atoms with Crippen LogP contribution < -0.4 is 0 Å². The lowest BCUT2D eigenvalue weighted by molar-refractivity contribution is -0.394. The first-order valence-electron chi connectivity index (χ1n) is 7.05. The first kappa shape index (κ1) is 14.2. The number of likely N-dealkylation sites (tertiary alicyclic amines) is 1. The van der Waals surface area contributed by atoms with Gasteiger partial charge in [-0.05, 0) is 35.5 Å². The highest BCUT2D eigenvalue weighted by Gasteiger charge is 2.19. The predicted molar refractivity (Wildman–Crippen MR) is 77.4 cm³/mol. The van der Waals surface area contributed by atoms with Crippen LogP contribution in [-0.2, 0) is 6.54 Å². The highest BCUT2D eigenvalue weighted by atomic mass is 16.6. The lowest BCUT2D eigenvalue weighted by Crippen LogP contribution is -2.27. The van der Waals surface area contributed by atoms with Crippen LogP contribution in [0.15, 0.2) is 30.6 Å². The first-order valence-corrected chi connectivity index (χ1v) is 7.05. The molecule has 2 heterocycles. The van der Waals surface area contributed by atoms with Gasteiger partial charge >= 0.3 is 5.95 Å². The molecule has 1 aromatic heterocycles. The van der Waals surface area contributed by atoms with Crippen molar-refractivity contribution in [3.05, 3.63) is 51.8 Å². The summed E-state index contributed by atoms with van der Waals surface area (Å²) >= 11 is 0. The van der Waals surface area contributed by atoms with Gasteiger partial charge in [0.15, 0.2) is 0 Å². The topological polar surface area (TPSA) is 94.2 Å². The molecule has 0 radical (unpaired) electrons. The third-order valence-electron chi connectivity index (χ3n) is 3.63. The Balaban J connectivity index is 1.68. The molecule has 0 atom stereocenters. The first-order chi connectivity index (χ1) is 10.6. The SMILES string of the molecule is O=C(c1ccc(Cn2cnc([N+](=O)[O-])n2)cc1)N1CCCC1. The monoisotopic (exact) mass is 301 g/mol. The average molecular weight is 301 g/mol. The van der Waals surface area contributed by atoms with Gasteiger partial charge in [0, 0.05) is 23.8 Å². The molecule has 1 aliphatic rings. The molecule has 8 nitrogen and oxygen atoms in total. The van der Waals surface area contributed by atoms with Crippen LogP contribution in [0.2, 0.25) is 0 Å². The van der Waals surface area contributed by atoms with Crippen molar-refractivity contribution >= 4 is 11.9 Å². The average Bonchev–Trinajstić information content (AvgIpc) is 3.19. The molecule has 1 saturated heterocycles. The summed E-state index contributed by atoms with van der Waals surface area (Å²) in [5.41, 5.74) is 1.56. The molecule has 1 amide bonds. The van der Waals surface area contributed by atoms with Gasteiger partial charge in [0.2, 0.25) is 6.33 Å². The Bertz CT molecular complexity index is 689. The number of hydrogen-bond acceptors (Lipinski definition) is 5. The molecule has 114 valence electrons. The molecule has 0 bridgehead atoms. The quantitative estimate of drug-likeness (QED) is 0.629. The molecule has 1 aromatic carbocycles. The van der Waals surface area contributed by atoms with Crippen molar-refractivity contribution in [2.75, 3.05) is 13.1 Å². The fourth-order valence-electron chi connectivity index (χ4n) is 2.49. The Morgan fingerprint density at radius 1 is 1.23 bits per heavy atom. The highest BCUT2D eigenvalue weighted by molar-refractivity contribution is 5.94. The van der Waals surface area contributed by atoms with Crippen LogP contribution in [0.4, 0.5) is 5.95 Å². The molecule has 1 fully saturated rings. The number of hydrogen-bond donors (Lipinski definition) is 0. The van der Waals surface area contributed by atoms with Crippen molar-refractivity contribution in [3.8, 4) is 0 Å². The maximum absolute atomic E-state index is 12.2. The van der Waals surface area contributed by atoms with E-state index in [0.717, 1.165) is 31.5 Å². The zero-order valence-corrected chi connectivity index (χ0v) is 11.9. The minimum Gasteiger partial charge on any atom is -0.390 e. The molecular weight excluding hydrogens is 286 g/mol. The van der Waals surface area contributed by atoms with Gasteiger partial charge in [0.05, 0.1) is 6.54 Å². The van der Waals surface area contributed by atoms with E-state index in [0.29, 0.717) is 12.1 Å². The van der Waals surface area contributed by atoms with Gasteiger partial charge < -0.3 is 15.0 Å². The number of rotatable bonds is 4. The van der Waals surface area contributed by atoms with E-state index in [1.807, 2.05) is 17.0 Å². The van der Waals surface area contributed by atoms with Gasteiger partial charge in [-0.3, -0.25) is 4.79 Å². The van der Waals surface area contributed by atoms with Gasteiger partial charge in [-0.25, -0.2) is 0 Å². The molecule has 0 unspecified atom stereocenters. The van der Waals surface area contributed by atoms with E-state index in [1.54, 1.807) is 12.1 Å². The maximum Gasteiger partial charge on any atom is 0.490 e. The zero-order chi connectivity index (χ0) is 15.5. The molecule has 1 aliphatic heterocycles. The van der Waals surface area contributed by atoms with Gasteiger partial charge in [0.1, 0.15) is 0 Å². The van der Waals surface area contributed by atoms with E-state index in [1.165, 1.54) is 11.0 Å². The van der Waals surface area contributed by atoms with Crippen molar-refractivity contribution in [2.24, 2.45) is 0 Å². The van der Waals surface area contributed by atoms with E-state index in [2.05, 4.69) is 10.1 Å². The summed E-state index contributed by atoms with van der Waals surface area (Å²) in [6, 6.07) is 7.22. The fraction of sp³-hybridized carbons (Fsp3) is 0.357. The number of amides is 1. The Morgan fingerprint density at radius 2 is 1.91 bits per heavy atom. The van der Waals surface area contributed by atoms with Gasteiger partial charge in [-0.2, -0.15) is 4.68 Å². The Morgan fingerprint density at radius 3 is 2.50 bits per heavy atom. The van der Waals surface area contributed by atoms with Crippen molar-refractivity contribution in [1.82, 2.24) is 19.7 Å². The lowest BCUT2D eigenvalue weighted by Gasteiger charge is -2.15. The van der Waals surface area contributed by atoms with E-state index < -0.39 is 10.9 Å². The number of aromatic nitrogens is 3. The molecule has 0 saturated carbocycles. The summed E-state index contributed by atoms with van der Waals surface area (Å²) in [7, 11) is 0. The van der Waals surface area contributed by atoms with E-state index in [-0.39, 0.29) is 5.91 Å². The second-order valence-electron chi connectivity index (χ2n) is 5.20. The molecule has 0 N–H and O–H groups in total. The molecule has 0 spiro atoms. The summed E-state index contributed by atoms with van der Waals surface area (Å²) in [6.45, 7) is 2.02. The molecule has 8 heteroatoms. The second kappa shape index (κ2) is 5.92. The standard InChI is InChI=1S/C14H15N5O3/c20-13(17-7-1-2-8-17)12-5-3-11(4-6-12)9-18-10-15-14(16-18)19(21)22/h3-6,10H,1-2,7-9H2. The van der Waals surface area contributed by atoms with E-state index >= 15 is 0 Å². The van der Waals surface area contributed by atoms with Crippen molar-refractivity contribution in [3.63, 3.8) is 0 Å². The van der Waals surface area contributed by atoms with Crippen LogP contribution in [0.3, 0.4) is 0 Å². The smallest absolute Gasteiger partial charge is 0.390 e. The van der Waals surface area contributed by atoms with Crippen molar-refractivity contribution < 1.29 is 9.72 Å². The summed E-state index contributed by atoms with van der Waals surface area (Å²) in [5.74, 6) is -0.360. The van der Waals surface area contributed by atoms with Crippen LogP contribution in [-0.4, -0.2) is 43.6 Å². The maximum atomic E-state index is 12.2. The normalized spacial score (nSPS) is 14.3. The zero-order valence-electron chi connectivity index (χ0n) is 11.9. The molecule has 0 aliphatic carbocycles. The van der Waals surface area contributed by atoms with Crippen LogP contribution >= 0.6 is 0 Å². The van der Waals surface area contributed by atoms with E-state index in [9.17, 15) is 14.9 Å². The number of nitrogens with zero attached hydrogens (tertiary/aromatic N) is 5. The summed E-state index contributed by atoms with van der Waals surface area (Å²) in [4.78, 5) is 27.6. The highest BCUT2D eigenvalue weighted by Crippen LogP contribution is 2.14. The number of carbonyl (C=O) groups is 1. The fourth-order valence-corrected chi connectivity index (χ4v) is 2.49. The molecule has 2 aromatic rings. The number of nitro groups is 1. The Hall–Kier alpha value is -2.77. The predicted octanol–water partition coefficient (Wildman–Crippen LogP) is 1.47. The second-order valence-corrected chi connectivity index (χ2v) is 5.20. The van der Waals surface area contributed by atoms with Crippen LogP contribution in [0.1, 0.15) is 28.8 Å². The third-order valence-corrected chi connectivity index (χ3v) is 3.63. The van der Waals surface area contributed by atoms with Gasteiger partial charge in [-0.15, -0.1) is 0 Å². The Labute approximate surface area is 126 Å². The molecular formula is C14H15N5O3. The molecule has 22 heavy (non-hydrogen) atoms. The lowest BCUT2D eigenvalue weighted by atomic mass is 10.1. The van der Waals surface area contributed by atoms with Crippen LogP contribution in [0.5, 0.6) is 0 Å². The number of carbonyl (C=O) groups excluding carboxylic acids is 1. The summed E-state index contributed by atoms with van der Waals surface area (Å²) in [5, 5.41) is 14.3. The Kier molecular flexibility index (Phi) is 3.82. The van der Waals surface area contributed by atoms with Crippen molar-refractivity contribution in [2.45, 2.75) is 19.4 Å².